The minimum atomic E-state index is -0.662. The molecule has 0 bridgehead atoms. The van der Waals surface area contributed by atoms with E-state index in [9.17, 15) is 23.2 Å². The number of hydrogen-bond donors (Lipinski definition) is 0. The third kappa shape index (κ3) is 4.64. The molecule has 2 aliphatic rings. The summed E-state index contributed by atoms with van der Waals surface area (Å²) in [5.41, 5.74) is -0.0965. The summed E-state index contributed by atoms with van der Waals surface area (Å²) >= 11 is 0. The molecule has 0 N–H and O–H groups in total. The van der Waals surface area contributed by atoms with Gasteiger partial charge in [-0.1, -0.05) is 6.07 Å². The van der Waals surface area contributed by atoms with Gasteiger partial charge < -0.3 is 19.4 Å². The third-order valence-electron chi connectivity index (χ3n) is 5.05. The van der Waals surface area contributed by atoms with E-state index in [0.717, 1.165) is 0 Å². The van der Waals surface area contributed by atoms with Crippen LogP contribution in [-0.4, -0.2) is 84.9 Å². The number of ether oxygens (including phenoxy) is 1. The quantitative estimate of drug-likeness (QED) is 0.696. The van der Waals surface area contributed by atoms with Crippen LogP contribution in [0.2, 0.25) is 0 Å². The van der Waals surface area contributed by atoms with Crippen molar-refractivity contribution in [2.45, 2.75) is 12.8 Å². The molecule has 28 heavy (non-hydrogen) atoms. The predicted octanol–water partition coefficient (Wildman–Crippen LogP) is 0.427. The van der Waals surface area contributed by atoms with Crippen LogP contribution < -0.4 is 0 Å². The molecule has 0 saturated carbocycles. The number of morpholine rings is 1. The van der Waals surface area contributed by atoms with Crippen LogP contribution in [0.4, 0.5) is 8.78 Å². The van der Waals surface area contributed by atoms with Crippen LogP contribution >= 0.6 is 0 Å². The molecule has 152 valence electrons. The average molecular weight is 395 g/mol. The van der Waals surface area contributed by atoms with E-state index >= 15 is 0 Å². The van der Waals surface area contributed by atoms with Gasteiger partial charge in [0.2, 0.25) is 5.91 Å². The Morgan fingerprint density at radius 3 is 1.89 bits per heavy atom. The van der Waals surface area contributed by atoms with E-state index in [1.807, 2.05) is 0 Å². The molecule has 0 unspecified atom stereocenters. The van der Waals surface area contributed by atoms with Gasteiger partial charge in [-0.2, -0.15) is 0 Å². The lowest BCUT2D eigenvalue weighted by molar-refractivity contribution is -0.155. The first kappa shape index (κ1) is 20.2. The number of hydrogen-bond acceptors (Lipinski definition) is 4. The molecule has 1 aromatic carbocycles. The molecule has 1 aromatic rings. The zero-order valence-electron chi connectivity index (χ0n) is 15.5. The number of carbonyl (C=O) groups is 3. The summed E-state index contributed by atoms with van der Waals surface area (Å²) in [4.78, 5) is 41.4. The first-order valence-corrected chi connectivity index (χ1v) is 9.34. The molecule has 0 atom stereocenters. The molecule has 9 heteroatoms. The summed E-state index contributed by atoms with van der Waals surface area (Å²) in [5.74, 6) is -2.66. The summed E-state index contributed by atoms with van der Waals surface area (Å²) in [5, 5.41) is 0. The summed E-state index contributed by atoms with van der Waals surface area (Å²) < 4.78 is 32.5. The summed E-state index contributed by atoms with van der Waals surface area (Å²) in [6.45, 7) is 2.74. The fraction of sp³-hybridized carbons (Fsp3) is 0.526. The molecule has 0 aromatic heterocycles. The Hall–Kier alpha value is -2.55. The maximum absolute atomic E-state index is 13.7. The maximum atomic E-state index is 13.7. The van der Waals surface area contributed by atoms with Gasteiger partial charge in [-0.05, 0) is 18.6 Å². The fourth-order valence-electron chi connectivity index (χ4n) is 3.36. The van der Waals surface area contributed by atoms with Crippen molar-refractivity contribution in [3.8, 4) is 0 Å². The summed E-state index contributed by atoms with van der Waals surface area (Å²) in [6, 6.07) is 3.61. The Morgan fingerprint density at radius 1 is 0.821 bits per heavy atom. The van der Waals surface area contributed by atoms with Crippen molar-refractivity contribution in [1.82, 2.24) is 14.7 Å². The van der Waals surface area contributed by atoms with Crippen molar-refractivity contribution in [1.29, 1.82) is 0 Å². The highest BCUT2D eigenvalue weighted by atomic mass is 19.1. The molecule has 0 radical (unpaired) electrons. The van der Waals surface area contributed by atoms with Crippen LogP contribution in [-0.2, 0) is 25.5 Å². The fourth-order valence-corrected chi connectivity index (χ4v) is 3.36. The molecular weight excluding hydrogens is 372 g/mol. The van der Waals surface area contributed by atoms with Crippen LogP contribution in [0.25, 0.3) is 0 Å². The lowest BCUT2D eigenvalue weighted by Crippen LogP contribution is -2.55. The standard InChI is InChI=1S/C19H23F2N3O4/c20-15-2-1-3-16(21)14(15)4-5-17(25)22-6-8-23(9-7-22)18(26)19(27)24-10-12-28-13-11-24/h1-3H,4-13H2. The molecule has 2 fully saturated rings. The molecule has 2 heterocycles. The van der Waals surface area contributed by atoms with Gasteiger partial charge in [0.05, 0.1) is 13.2 Å². The maximum Gasteiger partial charge on any atom is 0.312 e. The molecule has 0 spiro atoms. The normalized spacial score (nSPS) is 17.6. The second-order valence-electron chi connectivity index (χ2n) is 6.78. The van der Waals surface area contributed by atoms with Crippen molar-refractivity contribution in [3.63, 3.8) is 0 Å². The monoisotopic (exact) mass is 395 g/mol. The van der Waals surface area contributed by atoms with Gasteiger partial charge in [-0.25, -0.2) is 8.78 Å². The number of amides is 3. The highest BCUT2D eigenvalue weighted by molar-refractivity contribution is 6.34. The van der Waals surface area contributed by atoms with Crippen LogP contribution in [0.3, 0.4) is 0 Å². The van der Waals surface area contributed by atoms with Gasteiger partial charge in [-0.15, -0.1) is 0 Å². The van der Waals surface area contributed by atoms with E-state index in [2.05, 4.69) is 0 Å². The topological polar surface area (TPSA) is 70.2 Å². The summed E-state index contributed by atoms with van der Waals surface area (Å²) in [7, 11) is 0. The Bertz CT molecular complexity index is 724. The average Bonchev–Trinajstić information content (AvgIpc) is 2.73. The second kappa shape index (κ2) is 9.09. The van der Waals surface area contributed by atoms with Gasteiger partial charge in [0.25, 0.3) is 0 Å². The lowest BCUT2D eigenvalue weighted by Gasteiger charge is -2.36. The van der Waals surface area contributed by atoms with E-state index in [0.29, 0.717) is 39.4 Å². The van der Waals surface area contributed by atoms with E-state index < -0.39 is 23.4 Å². The first-order chi connectivity index (χ1) is 13.5. The minimum Gasteiger partial charge on any atom is -0.378 e. The SMILES string of the molecule is O=C(CCc1c(F)cccc1F)N1CCN(C(=O)C(=O)N2CCOCC2)CC1. The van der Waals surface area contributed by atoms with E-state index in [-0.39, 0.29) is 37.4 Å². The molecular formula is C19H23F2N3O4. The zero-order chi connectivity index (χ0) is 20.1. The Kier molecular flexibility index (Phi) is 6.56. The van der Waals surface area contributed by atoms with Crippen molar-refractivity contribution >= 4 is 17.7 Å². The molecule has 2 aliphatic heterocycles. The highest BCUT2D eigenvalue weighted by Gasteiger charge is 2.31. The lowest BCUT2D eigenvalue weighted by atomic mass is 10.1. The number of nitrogens with zero attached hydrogens (tertiary/aromatic N) is 3. The van der Waals surface area contributed by atoms with Gasteiger partial charge in [0.1, 0.15) is 11.6 Å². The molecule has 3 amide bonds. The first-order valence-electron chi connectivity index (χ1n) is 9.34. The van der Waals surface area contributed by atoms with Crippen molar-refractivity contribution in [2.24, 2.45) is 0 Å². The number of piperazine rings is 1. The molecule has 7 nitrogen and oxygen atoms in total. The van der Waals surface area contributed by atoms with Crippen molar-refractivity contribution in [2.75, 3.05) is 52.5 Å². The van der Waals surface area contributed by atoms with E-state index in [1.165, 1.54) is 28.0 Å². The Balaban J connectivity index is 1.47. The third-order valence-corrected chi connectivity index (χ3v) is 5.05. The van der Waals surface area contributed by atoms with Crippen molar-refractivity contribution < 1.29 is 27.9 Å². The molecule has 2 saturated heterocycles. The van der Waals surface area contributed by atoms with Crippen LogP contribution in [0.5, 0.6) is 0 Å². The summed E-state index contributed by atoms with van der Waals surface area (Å²) in [6.07, 6.45) is -0.0372. The molecule has 3 rings (SSSR count). The van der Waals surface area contributed by atoms with E-state index in [4.69, 9.17) is 4.74 Å². The zero-order valence-corrected chi connectivity index (χ0v) is 15.5. The Labute approximate surface area is 161 Å². The number of rotatable bonds is 3. The number of carbonyl (C=O) groups excluding carboxylic acids is 3. The van der Waals surface area contributed by atoms with Gasteiger partial charge in [-0.3, -0.25) is 14.4 Å². The van der Waals surface area contributed by atoms with Crippen LogP contribution in [0, 0.1) is 11.6 Å². The van der Waals surface area contributed by atoms with Crippen LogP contribution in [0.1, 0.15) is 12.0 Å². The van der Waals surface area contributed by atoms with Gasteiger partial charge in [0, 0.05) is 51.3 Å². The largest absolute Gasteiger partial charge is 0.378 e. The van der Waals surface area contributed by atoms with Crippen LogP contribution in [0.15, 0.2) is 18.2 Å². The predicted molar refractivity (Wildman–Crippen MR) is 95.2 cm³/mol. The van der Waals surface area contributed by atoms with Crippen molar-refractivity contribution in [3.05, 3.63) is 35.4 Å². The smallest absolute Gasteiger partial charge is 0.312 e. The second-order valence-corrected chi connectivity index (χ2v) is 6.78. The minimum absolute atomic E-state index is 0.0154. The highest BCUT2D eigenvalue weighted by Crippen LogP contribution is 2.15. The van der Waals surface area contributed by atoms with E-state index in [1.54, 1.807) is 4.90 Å². The van der Waals surface area contributed by atoms with Gasteiger partial charge >= 0.3 is 11.8 Å². The van der Waals surface area contributed by atoms with Gasteiger partial charge in [0.15, 0.2) is 0 Å². The number of halogens is 2. The Morgan fingerprint density at radius 2 is 1.32 bits per heavy atom. The molecule has 0 aliphatic carbocycles. The number of benzene rings is 1.